The number of ketones is 1. The smallest absolute Gasteiger partial charge is 0.204 e. The van der Waals surface area contributed by atoms with Gasteiger partial charge in [0.2, 0.25) is 11.5 Å². The molecule has 0 aliphatic rings. The van der Waals surface area contributed by atoms with Crippen LogP contribution in [0.15, 0.2) is 24.3 Å². The summed E-state index contributed by atoms with van der Waals surface area (Å²) < 4.78 is 31.6. The highest BCUT2D eigenvalue weighted by Crippen LogP contribution is 2.45. The summed E-state index contributed by atoms with van der Waals surface area (Å²) in [6, 6.07) is 4.68. The van der Waals surface area contributed by atoms with E-state index in [1.165, 1.54) is 54.8 Å². The molecule has 0 aliphatic carbocycles. The third-order valence-electron chi connectivity index (χ3n) is 4.17. The Kier molecular flexibility index (Phi) is 7.19. The summed E-state index contributed by atoms with van der Waals surface area (Å²) in [6.07, 6.45) is 2.85. The first-order valence-electron chi connectivity index (χ1n) is 8.49. The monoisotopic (exact) mass is 404 g/mol. The van der Waals surface area contributed by atoms with Crippen molar-refractivity contribution < 1.29 is 38.3 Å². The fourth-order valence-corrected chi connectivity index (χ4v) is 2.83. The number of hydrogen-bond donors (Lipinski definition) is 1. The van der Waals surface area contributed by atoms with Crippen molar-refractivity contribution in [2.24, 2.45) is 0 Å². The minimum atomic E-state index is -0.492. The molecule has 0 bridgehead atoms. The zero-order valence-corrected chi connectivity index (χ0v) is 17.2. The van der Waals surface area contributed by atoms with E-state index in [0.717, 1.165) is 0 Å². The highest BCUT2D eigenvalue weighted by Gasteiger charge is 2.24. The molecule has 0 radical (unpaired) electrons. The lowest BCUT2D eigenvalue weighted by Gasteiger charge is -2.16. The number of methoxy groups -OCH3 is 6. The Bertz CT molecular complexity index is 892. The normalized spacial score (nSPS) is 10.6. The molecule has 0 unspecified atom stereocenters. The minimum absolute atomic E-state index is 0.0474. The maximum Gasteiger partial charge on any atom is 0.204 e. The molecule has 2 aromatic carbocycles. The van der Waals surface area contributed by atoms with Gasteiger partial charge in [-0.05, 0) is 23.8 Å². The lowest BCUT2D eigenvalue weighted by Crippen LogP contribution is -2.03. The van der Waals surface area contributed by atoms with Crippen LogP contribution in [0.4, 0.5) is 0 Å². The van der Waals surface area contributed by atoms with Gasteiger partial charge in [0.1, 0.15) is 11.3 Å². The Hall–Kier alpha value is -3.55. The predicted molar refractivity (Wildman–Crippen MR) is 107 cm³/mol. The van der Waals surface area contributed by atoms with Crippen molar-refractivity contribution in [3.05, 3.63) is 35.4 Å². The molecule has 8 heteroatoms. The number of benzene rings is 2. The van der Waals surface area contributed by atoms with Crippen molar-refractivity contribution in [1.29, 1.82) is 0 Å². The van der Waals surface area contributed by atoms with Gasteiger partial charge in [0, 0.05) is 6.07 Å². The lowest BCUT2D eigenvalue weighted by atomic mass is 10.0. The summed E-state index contributed by atoms with van der Waals surface area (Å²) in [5.41, 5.74) is 0.584. The maximum atomic E-state index is 12.8. The van der Waals surface area contributed by atoms with E-state index < -0.39 is 5.78 Å². The molecule has 0 amide bonds. The zero-order chi connectivity index (χ0) is 21.6. The molecule has 29 heavy (non-hydrogen) atoms. The van der Waals surface area contributed by atoms with E-state index in [-0.39, 0.29) is 28.6 Å². The van der Waals surface area contributed by atoms with Gasteiger partial charge in [0.25, 0.3) is 0 Å². The van der Waals surface area contributed by atoms with E-state index in [2.05, 4.69) is 0 Å². The molecule has 156 valence electrons. The average molecular weight is 404 g/mol. The van der Waals surface area contributed by atoms with E-state index in [1.54, 1.807) is 18.2 Å². The molecule has 0 aromatic heterocycles. The molecule has 2 rings (SSSR count). The standard InChI is InChI=1S/C21H24O8/c1-24-15-9-12(10-16(25-2)19(15)27-4)7-8-13(22)18-14(23)11-17(26-3)20(28-5)21(18)29-6/h7-11,23H,1-6H3/b8-7+. The van der Waals surface area contributed by atoms with Gasteiger partial charge in [0.15, 0.2) is 28.8 Å². The molecular weight excluding hydrogens is 380 g/mol. The summed E-state index contributed by atoms with van der Waals surface area (Å²) in [4.78, 5) is 12.8. The molecule has 0 heterocycles. The Morgan fingerprint density at radius 2 is 1.21 bits per heavy atom. The molecular formula is C21H24O8. The molecule has 8 nitrogen and oxygen atoms in total. The van der Waals surface area contributed by atoms with Gasteiger partial charge in [-0.1, -0.05) is 6.08 Å². The summed E-state index contributed by atoms with van der Waals surface area (Å²) in [7, 11) is 8.72. The highest BCUT2D eigenvalue weighted by atomic mass is 16.5. The first-order chi connectivity index (χ1) is 13.9. The van der Waals surface area contributed by atoms with E-state index in [0.29, 0.717) is 22.8 Å². The van der Waals surface area contributed by atoms with Crippen molar-refractivity contribution in [2.45, 2.75) is 0 Å². The van der Waals surface area contributed by atoms with Crippen molar-refractivity contribution in [2.75, 3.05) is 42.7 Å². The topological polar surface area (TPSA) is 92.7 Å². The number of carbonyl (C=O) groups excluding carboxylic acids is 1. The van der Waals surface area contributed by atoms with Gasteiger partial charge in [0.05, 0.1) is 42.7 Å². The van der Waals surface area contributed by atoms with Crippen molar-refractivity contribution in [1.82, 2.24) is 0 Å². The number of phenolic OH excluding ortho intramolecular Hbond substituents is 1. The summed E-state index contributed by atoms with van der Waals surface area (Å²) in [6.45, 7) is 0. The molecule has 2 aromatic rings. The summed E-state index contributed by atoms with van der Waals surface area (Å²) in [5.74, 6) is 1.08. The molecule has 0 spiro atoms. The Balaban J connectivity index is 2.49. The van der Waals surface area contributed by atoms with E-state index in [4.69, 9.17) is 28.4 Å². The number of rotatable bonds is 9. The number of hydrogen-bond acceptors (Lipinski definition) is 8. The van der Waals surface area contributed by atoms with E-state index in [1.807, 2.05) is 0 Å². The number of ether oxygens (including phenoxy) is 6. The third-order valence-corrected chi connectivity index (χ3v) is 4.17. The minimum Gasteiger partial charge on any atom is -0.507 e. The van der Waals surface area contributed by atoms with Crippen LogP contribution in [0.1, 0.15) is 15.9 Å². The quantitative estimate of drug-likeness (QED) is 0.503. The van der Waals surface area contributed by atoms with Crippen LogP contribution in [0.25, 0.3) is 6.08 Å². The molecule has 0 atom stereocenters. The second-order valence-corrected chi connectivity index (χ2v) is 5.70. The first-order valence-corrected chi connectivity index (χ1v) is 8.49. The van der Waals surface area contributed by atoms with Crippen molar-refractivity contribution in [3.63, 3.8) is 0 Å². The SMILES string of the molecule is COc1cc(/C=C/C(=O)c2c(O)cc(OC)c(OC)c2OC)cc(OC)c1OC. The molecule has 0 saturated carbocycles. The third kappa shape index (κ3) is 4.31. The highest BCUT2D eigenvalue weighted by molar-refractivity contribution is 6.11. The fraction of sp³-hybridized carbons (Fsp3) is 0.286. The lowest BCUT2D eigenvalue weighted by molar-refractivity contribution is 0.104. The van der Waals surface area contributed by atoms with Crippen LogP contribution in [0.3, 0.4) is 0 Å². The second-order valence-electron chi connectivity index (χ2n) is 5.70. The molecule has 0 fully saturated rings. The van der Waals surface area contributed by atoms with Crippen LogP contribution < -0.4 is 28.4 Å². The van der Waals surface area contributed by atoms with Gasteiger partial charge in [-0.25, -0.2) is 0 Å². The summed E-state index contributed by atoms with van der Waals surface area (Å²) in [5, 5.41) is 10.3. The average Bonchev–Trinajstić information content (AvgIpc) is 2.75. The van der Waals surface area contributed by atoms with Crippen LogP contribution >= 0.6 is 0 Å². The van der Waals surface area contributed by atoms with Crippen LogP contribution in [0.5, 0.6) is 40.2 Å². The van der Waals surface area contributed by atoms with Crippen LogP contribution in [-0.2, 0) is 0 Å². The number of phenols is 1. The maximum absolute atomic E-state index is 12.8. The zero-order valence-electron chi connectivity index (χ0n) is 17.2. The van der Waals surface area contributed by atoms with Crippen LogP contribution in [0, 0.1) is 0 Å². The van der Waals surface area contributed by atoms with E-state index in [9.17, 15) is 9.90 Å². The van der Waals surface area contributed by atoms with Gasteiger partial charge in [-0.3, -0.25) is 4.79 Å². The van der Waals surface area contributed by atoms with Gasteiger partial charge in [-0.2, -0.15) is 0 Å². The Labute approximate surface area is 169 Å². The predicted octanol–water partition coefficient (Wildman–Crippen LogP) is 3.34. The van der Waals surface area contributed by atoms with Gasteiger partial charge < -0.3 is 33.5 Å². The summed E-state index contributed by atoms with van der Waals surface area (Å²) >= 11 is 0. The molecule has 0 aliphatic heterocycles. The van der Waals surface area contributed by atoms with E-state index >= 15 is 0 Å². The van der Waals surface area contributed by atoms with Crippen LogP contribution in [0.2, 0.25) is 0 Å². The van der Waals surface area contributed by atoms with Gasteiger partial charge >= 0.3 is 0 Å². The Morgan fingerprint density at radius 3 is 1.66 bits per heavy atom. The van der Waals surface area contributed by atoms with Crippen molar-refractivity contribution >= 4 is 11.9 Å². The Morgan fingerprint density at radius 1 is 0.724 bits per heavy atom. The fourth-order valence-electron chi connectivity index (χ4n) is 2.83. The number of aromatic hydroxyl groups is 1. The second kappa shape index (κ2) is 9.59. The van der Waals surface area contributed by atoms with Crippen molar-refractivity contribution in [3.8, 4) is 40.2 Å². The van der Waals surface area contributed by atoms with Gasteiger partial charge in [-0.15, -0.1) is 0 Å². The number of carbonyl (C=O) groups is 1. The molecule has 1 N–H and O–H groups in total. The van der Waals surface area contributed by atoms with Crippen LogP contribution in [-0.4, -0.2) is 53.5 Å². The first kappa shape index (κ1) is 21.7. The molecule has 0 saturated heterocycles. The number of allylic oxidation sites excluding steroid dienone is 1. The largest absolute Gasteiger partial charge is 0.507 e.